The zero-order valence-electron chi connectivity index (χ0n) is 11.1. The third kappa shape index (κ3) is 2.26. The summed E-state index contributed by atoms with van der Waals surface area (Å²) in [5.41, 5.74) is 3.86. The first-order valence-corrected chi connectivity index (χ1v) is 7.01. The maximum atomic E-state index is 6.27. The fourth-order valence-electron chi connectivity index (χ4n) is 2.10. The number of aryl methyl sites for hydroxylation is 2. The number of halogens is 2. The predicted octanol–water partition coefficient (Wildman–Crippen LogP) is 5.22. The smallest absolute Gasteiger partial charge is 0.161 e. The van der Waals surface area contributed by atoms with Crippen molar-refractivity contribution in [2.45, 2.75) is 13.8 Å². The second-order valence-corrected chi connectivity index (χ2v) is 5.54. The highest BCUT2D eigenvalue weighted by Crippen LogP contribution is 2.30. The summed E-state index contributed by atoms with van der Waals surface area (Å²) in [7, 11) is 0. The summed E-state index contributed by atoms with van der Waals surface area (Å²) < 4.78 is 0. The van der Waals surface area contributed by atoms with E-state index in [-0.39, 0.29) is 0 Å². The van der Waals surface area contributed by atoms with Crippen molar-refractivity contribution in [3.63, 3.8) is 0 Å². The van der Waals surface area contributed by atoms with Gasteiger partial charge in [0.25, 0.3) is 0 Å². The van der Waals surface area contributed by atoms with Gasteiger partial charge in [-0.1, -0.05) is 53.0 Å². The molecule has 3 aromatic rings. The molecule has 0 atom stereocenters. The van der Waals surface area contributed by atoms with Gasteiger partial charge >= 0.3 is 0 Å². The molecule has 0 saturated heterocycles. The van der Waals surface area contributed by atoms with E-state index in [1.54, 1.807) is 0 Å². The fraction of sp³-hybridized carbons (Fsp3) is 0.125. The Morgan fingerprint density at radius 1 is 0.850 bits per heavy atom. The van der Waals surface area contributed by atoms with Gasteiger partial charge in [-0.25, -0.2) is 9.97 Å². The van der Waals surface area contributed by atoms with Gasteiger partial charge in [0.05, 0.1) is 5.52 Å². The molecule has 20 heavy (non-hydrogen) atoms. The lowest BCUT2D eigenvalue weighted by Gasteiger charge is -2.08. The normalized spacial score (nSPS) is 11.0. The van der Waals surface area contributed by atoms with E-state index in [4.69, 9.17) is 23.2 Å². The zero-order valence-corrected chi connectivity index (χ0v) is 12.6. The van der Waals surface area contributed by atoms with Crippen molar-refractivity contribution in [1.82, 2.24) is 9.97 Å². The number of hydrogen-bond donors (Lipinski definition) is 0. The summed E-state index contributed by atoms with van der Waals surface area (Å²) in [4.78, 5) is 9.00. The van der Waals surface area contributed by atoms with Crippen molar-refractivity contribution in [2.24, 2.45) is 0 Å². The first-order chi connectivity index (χ1) is 9.56. The monoisotopic (exact) mass is 302 g/mol. The Bertz CT molecular complexity index is 796. The highest BCUT2D eigenvalue weighted by molar-refractivity contribution is 6.35. The lowest BCUT2D eigenvalue weighted by Crippen LogP contribution is -1.94. The van der Waals surface area contributed by atoms with Crippen LogP contribution in [0.3, 0.4) is 0 Å². The van der Waals surface area contributed by atoms with Gasteiger partial charge in [-0.05, 0) is 31.5 Å². The minimum Gasteiger partial charge on any atom is -0.228 e. The van der Waals surface area contributed by atoms with Crippen LogP contribution in [0.4, 0.5) is 0 Å². The van der Waals surface area contributed by atoms with Crippen LogP contribution in [0.5, 0.6) is 0 Å². The van der Waals surface area contributed by atoms with E-state index in [2.05, 4.69) is 9.97 Å². The summed E-state index contributed by atoms with van der Waals surface area (Å²) in [5, 5.41) is 1.96. The molecule has 0 amide bonds. The van der Waals surface area contributed by atoms with E-state index in [1.165, 1.54) is 5.56 Å². The molecule has 0 saturated carbocycles. The molecule has 0 radical (unpaired) electrons. The van der Waals surface area contributed by atoms with Gasteiger partial charge < -0.3 is 0 Å². The second-order valence-electron chi connectivity index (χ2n) is 4.77. The van der Waals surface area contributed by atoms with E-state index in [9.17, 15) is 0 Å². The average Bonchev–Trinajstić information content (AvgIpc) is 2.44. The number of benzene rings is 2. The molecule has 3 rings (SSSR count). The molecule has 1 aromatic heterocycles. The van der Waals surface area contributed by atoms with Crippen LogP contribution in [0.25, 0.3) is 22.3 Å². The molecule has 0 aliphatic heterocycles. The SMILES string of the molecule is Cc1ccc(-c2nc(Cl)c3ccc(Cl)c(C)c3n2)cc1. The van der Waals surface area contributed by atoms with E-state index in [1.807, 2.05) is 50.2 Å². The van der Waals surface area contributed by atoms with E-state index < -0.39 is 0 Å². The average molecular weight is 303 g/mol. The van der Waals surface area contributed by atoms with Gasteiger partial charge in [-0.3, -0.25) is 0 Å². The van der Waals surface area contributed by atoms with Gasteiger partial charge in [-0.2, -0.15) is 0 Å². The summed E-state index contributed by atoms with van der Waals surface area (Å²) in [6.45, 7) is 3.98. The maximum absolute atomic E-state index is 6.27. The van der Waals surface area contributed by atoms with Crippen molar-refractivity contribution in [3.05, 3.63) is 57.7 Å². The van der Waals surface area contributed by atoms with Crippen molar-refractivity contribution < 1.29 is 0 Å². The molecule has 4 heteroatoms. The van der Waals surface area contributed by atoms with Crippen molar-refractivity contribution in [2.75, 3.05) is 0 Å². The Morgan fingerprint density at radius 3 is 2.25 bits per heavy atom. The molecule has 2 aromatic carbocycles. The highest BCUT2D eigenvalue weighted by atomic mass is 35.5. The Hall–Kier alpha value is -1.64. The molecule has 1 heterocycles. The lowest BCUT2D eigenvalue weighted by molar-refractivity contribution is 1.21. The number of hydrogen-bond acceptors (Lipinski definition) is 2. The van der Waals surface area contributed by atoms with Crippen LogP contribution >= 0.6 is 23.2 Å². The molecular weight excluding hydrogens is 291 g/mol. The molecule has 0 fully saturated rings. The summed E-state index contributed by atoms with van der Waals surface area (Å²) in [5.74, 6) is 0.618. The minimum atomic E-state index is 0.449. The van der Waals surface area contributed by atoms with Crippen LogP contribution in [0.2, 0.25) is 10.2 Å². The van der Waals surface area contributed by atoms with E-state index in [0.717, 1.165) is 22.0 Å². The van der Waals surface area contributed by atoms with Crippen LogP contribution in [0, 0.1) is 13.8 Å². The van der Waals surface area contributed by atoms with Gasteiger partial charge in [-0.15, -0.1) is 0 Å². The molecule has 2 nitrogen and oxygen atoms in total. The van der Waals surface area contributed by atoms with Crippen molar-refractivity contribution in [3.8, 4) is 11.4 Å². The first kappa shape index (κ1) is 13.3. The topological polar surface area (TPSA) is 25.8 Å². The van der Waals surface area contributed by atoms with Crippen LogP contribution in [-0.4, -0.2) is 9.97 Å². The number of fused-ring (bicyclic) bond motifs is 1. The van der Waals surface area contributed by atoms with Gasteiger partial charge in [0.15, 0.2) is 5.82 Å². The van der Waals surface area contributed by atoms with E-state index in [0.29, 0.717) is 16.0 Å². The Morgan fingerprint density at radius 2 is 1.55 bits per heavy atom. The molecular formula is C16H12Cl2N2. The Kier molecular flexibility index (Phi) is 3.36. The third-order valence-electron chi connectivity index (χ3n) is 3.32. The Balaban J connectivity index is 2.28. The largest absolute Gasteiger partial charge is 0.228 e. The lowest BCUT2D eigenvalue weighted by atomic mass is 10.1. The summed E-state index contributed by atoms with van der Waals surface area (Å²) >= 11 is 12.4. The predicted molar refractivity (Wildman–Crippen MR) is 84.5 cm³/mol. The van der Waals surface area contributed by atoms with Crippen LogP contribution < -0.4 is 0 Å². The third-order valence-corrected chi connectivity index (χ3v) is 4.02. The molecule has 0 N–H and O–H groups in total. The number of aromatic nitrogens is 2. The van der Waals surface area contributed by atoms with Crippen molar-refractivity contribution >= 4 is 34.1 Å². The zero-order chi connectivity index (χ0) is 14.3. The molecule has 0 bridgehead atoms. The molecule has 0 aliphatic carbocycles. The maximum Gasteiger partial charge on any atom is 0.161 e. The van der Waals surface area contributed by atoms with Gasteiger partial charge in [0.1, 0.15) is 5.15 Å². The van der Waals surface area contributed by atoms with Crippen LogP contribution in [0.15, 0.2) is 36.4 Å². The minimum absolute atomic E-state index is 0.449. The molecule has 0 unspecified atom stereocenters. The quantitative estimate of drug-likeness (QED) is 0.576. The van der Waals surface area contributed by atoms with Crippen LogP contribution in [-0.2, 0) is 0 Å². The number of rotatable bonds is 1. The highest BCUT2D eigenvalue weighted by Gasteiger charge is 2.11. The number of nitrogens with zero attached hydrogens (tertiary/aromatic N) is 2. The molecule has 0 spiro atoms. The van der Waals surface area contributed by atoms with Crippen molar-refractivity contribution in [1.29, 1.82) is 0 Å². The molecule has 0 aliphatic rings. The fourth-order valence-corrected chi connectivity index (χ4v) is 2.49. The van der Waals surface area contributed by atoms with Gasteiger partial charge in [0, 0.05) is 16.0 Å². The summed E-state index contributed by atoms with van der Waals surface area (Å²) in [6, 6.07) is 11.7. The molecule has 100 valence electrons. The van der Waals surface area contributed by atoms with E-state index >= 15 is 0 Å². The van der Waals surface area contributed by atoms with Crippen LogP contribution in [0.1, 0.15) is 11.1 Å². The Labute approximate surface area is 127 Å². The standard InChI is InChI=1S/C16H12Cl2N2/c1-9-3-5-11(6-4-9)16-19-14-10(2)13(17)8-7-12(14)15(18)20-16/h3-8H,1-2H3. The second kappa shape index (κ2) is 5.04. The van der Waals surface area contributed by atoms with Gasteiger partial charge in [0.2, 0.25) is 0 Å². The first-order valence-electron chi connectivity index (χ1n) is 6.25. The summed E-state index contributed by atoms with van der Waals surface area (Å²) in [6.07, 6.45) is 0.